The number of carbonyl (C=O) groups excluding carboxylic acids is 1. The Balaban J connectivity index is 1.51. The van der Waals surface area contributed by atoms with Crippen molar-refractivity contribution >= 4 is 11.7 Å². The molecule has 0 spiro atoms. The van der Waals surface area contributed by atoms with Crippen LogP contribution in [-0.2, 0) is 21.7 Å². The molecule has 3 aliphatic heterocycles. The summed E-state index contributed by atoms with van der Waals surface area (Å²) in [5.41, 5.74) is 0.980. The van der Waals surface area contributed by atoms with Crippen molar-refractivity contribution in [2.75, 3.05) is 7.11 Å². The Hall–Kier alpha value is -5.89. The van der Waals surface area contributed by atoms with Crippen molar-refractivity contribution in [1.82, 2.24) is 0 Å². The molecule has 4 aromatic carbocycles. The van der Waals surface area contributed by atoms with Crippen LogP contribution in [-0.4, -0.2) is 54.7 Å². The molecule has 0 saturated heterocycles. The first kappa shape index (κ1) is 29.8. The zero-order chi connectivity index (χ0) is 33.4. The van der Waals surface area contributed by atoms with Gasteiger partial charge in [0.25, 0.3) is 11.5 Å². The summed E-state index contributed by atoms with van der Waals surface area (Å²) in [5.74, 6) is -6.43. The van der Waals surface area contributed by atoms with E-state index in [1.807, 2.05) is 0 Å². The van der Waals surface area contributed by atoms with Gasteiger partial charge in [0.05, 0.1) is 30.5 Å². The fourth-order valence-electron chi connectivity index (χ4n) is 6.78. The number of methoxy groups -OCH3 is 1. The lowest BCUT2D eigenvalue weighted by molar-refractivity contribution is -0.385. The molecule has 2 bridgehead atoms. The summed E-state index contributed by atoms with van der Waals surface area (Å²) in [7, 11) is 1.19. The average molecular weight is 646 g/mol. The maximum Gasteiger partial charge on any atom is 0.306 e. The van der Waals surface area contributed by atoms with Crippen molar-refractivity contribution in [3.8, 4) is 46.0 Å². The highest BCUT2D eigenvalue weighted by molar-refractivity contribution is 5.72. The van der Waals surface area contributed by atoms with Gasteiger partial charge in [-0.2, -0.15) is 0 Å². The molecule has 5 atom stereocenters. The van der Waals surface area contributed by atoms with Gasteiger partial charge in [-0.15, -0.1) is 0 Å². The number of nitro benzene ring substituents is 1. The molecule has 6 N–H and O–H groups in total. The molecular formula is C33H27NO13. The zero-order valence-corrected chi connectivity index (χ0v) is 24.5. The summed E-state index contributed by atoms with van der Waals surface area (Å²) < 4.78 is 24.5. The van der Waals surface area contributed by atoms with E-state index in [0.717, 1.165) is 0 Å². The predicted molar refractivity (Wildman–Crippen MR) is 159 cm³/mol. The number of nitrogens with zero attached hydrogens (tertiary/aromatic N) is 1. The van der Waals surface area contributed by atoms with Crippen LogP contribution in [0.3, 0.4) is 0 Å². The minimum atomic E-state index is -1.91. The van der Waals surface area contributed by atoms with Crippen molar-refractivity contribution in [3.05, 3.63) is 98.6 Å². The number of carbonyl (C=O) groups is 1. The van der Waals surface area contributed by atoms with Gasteiger partial charge in [0.2, 0.25) is 0 Å². The predicted octanol–water partition coefficient (Wildman–Crippen LogP) is 4.11. The van der Waals surface area contributed by atoms with Crippen molar-refractivity contribution in [3.63, 3.8) is 0 Å². The molecule has 0 aromatic heterocycles. The highest BCUT2D eigenvalue weighted by atomic mass is 16.7. The maximum absolute atomic E-state index is 13.0. The lowest BCUT2D eigenvalue weighted by Crippen LogP contribution is -2.55. The van der Waals surface area contributed by atoms with Crippen LogP contribution in [0.4, 0.5) is 5.69 Å². The number of benzene rings is 4. The molecule has 0 radical (unpaired) electrons. The molecule has 14 nitrogen and oxygen atoms in total. The number of nitro groups is 1. The number of hydrogen-bond acceptors (Lipinski definition) is 13. The number of aliphatic hydroxyl groups excluding tert-OH is 1. The molecule has 0 aliphatic carbocycles. The Bertz CT molecular complexity index is 1980. The van der Waals surface area contributed by atoms with E-state index >= 15 is 0 Å². The van der Waals surface area contributed by atoms with Gasteiger partial charge in [0.15, 0.2) is 23.0 Å². The van der Waals surface area contributed by atoms with E-state index in [1.54, 1.807) is 0 Å². The van der Waals surface area contributed by atoms with E-state index < -0.39 is 58.0 Å². The number of aromatic hydroxyl groups is 5. The van der Waals surface area contributed by atoms with Gasteiger partial charge in [0, 0.05) is 52.8 Å². The monoisotopic (exact) mass is 645 g/mol. The zero-order valence-electron chi connectivity index (χ0n) is 24.5. The molecule has 4 aromatic rings. The lowest BCUT2D eigenvalue weighted by atomic mass is 9.68. The van der Waals surface area contributed by atoms with Gasteiger partial charge in [-0.1, -0.05) is 6.07 Å². The van der Waals surface area contributed by atoms with Crippen LogP contribution in [0.1, 0.15) is 46.3 Å². The maximum atomic E-state index is 13.0. The summed E-state index contributed by atoms with van der Waals surface area (Å²) in [6, 6.07) is 13.0. The van der Waals surface area contributed by atoms with Crippen molar-refractivity contribution in [2.45, 2.75) is 36.8 Å². The molecule has 0 saturated carbocycles. The summed E-state index contributed by atoms with van der Waals surface area (Å²) in [4.78, 5) is 24.3. The van der Waals surface area contributed by atoms with E-state index in [2.05, 4.69) is 0 Å². The summed E-state index contributed by atoms with van der Waals surface area (Å²) in [6.45, 7) is 0. The third-order valence-corrected chi connectivity index (χ3v) is 8.95. The molecule has 242 valence electrons. The first-order valence-electron chi connectivity index (χ1n) is 14.4. The quantitative estimate of drug-likeness (QED) is 0.0780. The van der Waals surface area contributed by atoms with Crippen LogP contribution < -0.4 is 14.2 Å². The molecule has 7 rings (SSSR count). The van der Waals surface area contributed by atoms with Crippen molar-refractivity contribution in [1.29, 1.82) is 0 Å². The number of non-ortho nitro benzene ring substituents is 1. The third-order valence-electron chi connectivity index (χ3n) is 8.95. The van der Waals surface area contributed by atoms with E-state index in [1.165, 1.54) is 67.8 Å². The highest BCUT2D eigenvalue weighted by Crippen LogP contribution is 2.64. The topological polar surface area (TPSA) is 219 Å². The molecule has 3 aliphatic rings. The Kier molecular flexibility index (Phi) is 6.72. The van der Waals surface area contributed by atoms with Crippen LogP contribution in [0.15, 0.2) is 60.7 Å². The Morgan fingerprint density at radius 1 is 0.915 bits per heavy atom. The van der Waals surface area contributed by atoms with Crippen LogP contribution >= 0.6 is 0 Å². The molecule has 3 unspecified atom stereocenters. The molecule has 0 amide bonds. The summed E-state index contributed by atoms with van der Waals surface area (Å²) in [6.07, 6.45) is -2.81. The fraction of sp³-hybridized carbons (Fsp3) is 0.242. The van der Waals surface area contributed by atoms with Crippen molar-refractivity contribution < 1.29 is 59.3 Å². The lowest BCUT2D eigenvalue weighted by Gasteiger charge is -2.52. The summed E-state index contributed by atoms with van der Waals surface area (Å²) >= 11 is 0. The molecule has 3 heterocycles. The minimum Gasteiger partial charge on any atom is -0.507 e. The first-order valence-corrected chi connectivity index (χ1v) is 14.4. The van der Waals surface area contributed by atoms with Gasteiger partial charge in [-0.25, -0.2) is 0 Å². The standard InChI is InChI=1S/C33H27NO13/c1-44-28(41)12-19-29-18-10-16(34(42)43)4-7-26(18)46-33(19,15-3-6-21(36)24(39)9-15)47-27-13-22(37)17-11-25(40)31(45-32(17)30(27)29)14-2-5-20(35)23(38)8-14/h2-10,13,19,25,29,31,35-40H,11-12H2,1H3/t19?,25-,29?,31+,33?/m0/s1. The number of hydrogen-bond donors (Lipinski definition) is 6. The second-order valence-corrected chi connectivity index (χ2v) is 11.6. The van der Waals surface area contributed by atoms with Crippen LogP contribution in [0.5, 0.6) is 46.0 Å². The van der Waals surface area contributed by atoms with Gasteiger partial charge in [-0.05, 0) is 42.0 Å². The number of ether oxygens (including phenoxy) is 4. The van der Waals surface area contributed by atoms with Crippen molar-refractivity contribution in [2.24, 2.45) is 5.92 Å². The van der Waals surface area contributed by atoms with E-state index in [4.69, 9.17) is 18.9 Å². The first-order chi connectivity index (χ1) is 22.4. The van der Waals surface area contributed by atoms with Crippen LogP contribution in [0.2, 0.25) is 0 Å². The van der Waals surface area contributed by atoms with E-state index in [9.17, 15) is 45.5 Å². The summed E-state index contributed by atoms with van der Waals surface area (Å²) in [5, 5.41) is 74.8. The smallest absolute Gasteiger partial charge is 0.306 e. The molecule has 14 heteroatoms. The normalized spacial score (nSPS) is 23.5. The highest BCUT2D eigenvalue weighted by Gasteiger charge is 2.60. The van der Waals surface area contributed by atoms with Crippen LogP contribution in [0.25, 0.3) is 0 Å². The van der Waals surface area contributed by atoms with E-state index in [0.29, 0.717) is 5.56 Å². The van der Waals surface area contributed by atoms with Gasteiger partial charge in [0.1, 0.15) is 29.1 Å². The number of phenols is 5. The Morgan fingerprint density at radius 3 is 2.30 bits per heavy atom. The van der Waals surface area contributed by atoms with Gasteiger partial charge in [-0.3, -0.25) is 14.9 Å². The number of rotatable bonds is 5. The second kappa shape index (κ2) is 10.6. The average Bonchev–Trinajstić information content (AvgIpc) is 3.03. The van der Waals surface area contributed by atoms with Crippen LogP contribution in [0, 0.1) is 16.0 Å². The Morgan fingerprint density at radius 2 is 1.62 bits per heavy atom. The minimum absolute atomic E-state index is 0.0146. The largest absolute Gasteiger partial charge is 0.507 e. The van der Waals surface area contributed by atoms with E-state index in [-0.39, 0.29) is 69.5 Å². The second-order valence-electron chi connectivity index (χ2n) is 11.6. The Labute approximate surface area is 265 Å². The number of phenolic OH excluding ortho intramolecular Hbond substituents is 5. The SMILES string of the molecule is COC(=O)CC1C2c3cc([N+](=O)[O-])ccc3OC1(c1ccc(O)c(O)c1)Oc1cc(O)c3c(c12)O[C@H](c1ccc(O)c(O)c1)[C@@H](O)C3. The molecule has 0 fully saturated rings. The third kappa shape index (κ3) is 4.55. The number of aliphatic hydroxyl groups is 1. The van der Waals surface area contributed by atoms with Gasteiger partial charge >= 0.3 is 5.97 Å². The number of esters is 1. The van der Waals surface area contributed by atoms with Gasteiger partial charge < -0.3 is 49.6 Å². The fourth-order valence-corrected chi connectivity index (χ4v) is 6.78. The molecular weight excluding hydrogens is 618 g/mol. The number of fused-ring (bicyclic) bond motifs is 8. The molecule has 47 heavy (non-hydrogen) atoms.